The lowest BCUT2D eigenvalue weighted by Crippen LogP contribution is -2.42. The van der Waals surface area contributed by atoms with Crippen LogP contribution in [0.15, 0.2) is 42.5 Å². The number of halogens is 3. The molecule has 1 heterocycles. The molecular formula is C22H22F3N3O3. The van der Waals surface area contributed by atoms with Gasteiger partial charge in [-0.25, -0.2) is 0 Å². The van der Waals surface area contributed by atoms with Crippen molar-refractivity contribution >= 4 is 11.6 Å². The highest BCUT2D eigenvalue weighted by Crippen LogP contribution is 2.35. The minimum absolute atomic E-state index is 0.0211. The van der Waals surface area contributed by atoms with E-state index in [4.69, 9.17) is 14.7 Å². The van der Waals surface area contributed by atoms with Gasteiger partial charge in [0, 0.05) is 25.3 Å². The first-order valence-corrected chi connectivity index (χ1v) is 9.54. The lowest BCUT2D eigenvalue weighted by molar-refractivity contribution is -0.215. The van der Waals surface area contributed by atoms with Gasteiger partial charge in [0.05, 0.1) is 18.2 Å². The number of aryl methyl sites for hydroxylation is 1. The number of anilines is 1. The Labute approximate surface area is 178 Å². The van der Waals surface area contributed by atoms with Crippen LogP contribution in [0.1, 0.15) is 21.5 Å². The third kappa shape index (κ3) is 5.09. The number of ether oxygens (including phenoxy) is 2. The van der Waals surface area contributed by atoms with E-state index in [1.165, 1.54) is 17.0 Å². The molecule has 0 bridgehead atoms. The van der Waals surface area contributed by atoms with Crippen LogP contribution < -0.4 is 9.64 Å². The molecule has 0 aromatic heterocycles. The zero-order valence-electron chi connectivity index (χ0n) is 17.3. The Morgan fingerprint density at radius 3 is 2.48 bits per heavy atom. The van der Waals surface area contributed by atoms with Gasteiger partial charge in [0.1, 0.15) is 18.5 Å². The molecule has 0 unspecified atom stereocenters. The molecule has 3 rings (SSSR count). The van der Waals surface area contributed by atoms with Crippen LogP contribution in [0.4, 0.5) is 18.9 Å². The summed E-state index contributed by atoms with van der Waals surface area (Å²) < 4.78 is 51.6. The molecule has 0 spiro atoms. The molecule has 1 saturated heterocycles. The molecule has 2 atom stereocenters. The number of hydrogen-bond donors (Lipinski definition) is 0. The van der Waals surface area contributed by atoms with Crippen LogP contribution in [-0.4, -0.2) is 56.6 Å². The van der Waals surface area contributed by atoms with E-state index >= 15 is 0 Å². The fourth-order valence-corrected chi connectivity index (χ4v) is 3.29. The third-order valence-electron chi connectivity index (χ3n) is 4.89. The maximum absolute atomic E-state index is 13.6. The molecule has 0 N–H and O–H groups in total. The predicted molar refractivity (Wildman–Crippen MR) is 108 cm³/mol. The molecule has 0 radical (unpaired) electrons. The SMILES string of the molecule is Cc1cc(N2C[C@@H](COc3ccc(C(=O)N(C)C)cc3)O[C@H]2C(F)(F)F)ccc1C#N. The highest BCUT2D eigenvalue weighted by atomic mass is 19.4. The Morgan fingerprint density at radius 1 is 1.26 bits per heavy atom. The fourth-order valence-electron chi connectivity index (χ4n) is 3.29. The summed E-state index contributed by atoms with van der Waals surface area (Å²) in [6, 6.07) is 12.9. The average molecular weight is 433 g/mol. The number of nitriles is 1. The van der Waals surface area contributed by atoms with Crippen molar-refractivity contribution in [3.63, 3.8) is 0 Å². The van der Waals surface area contributed by atoms with Crippen molar-refractivity contribution in [1.29, 1.82) is 5.26 Å². The topological polar surface area (TPSA) is 65.8 Å². The van der Waals surface area contributed by atoms with Gasteiger partial charge in [-0.05, 0) is 55.0 Å². The smallest absolute Gasteiger partial charge is 0.433 e. The molecule has 2 aromatic rings. The normalized spacial score (nSPS) is 18.5. The second-order valence-electron chi connectivity index (χ2n) is 7.45. The molecule has 6 nitrogen and oxygen atoms in total. The molecule has 0 saturated carbocycles. The van der Waals surface area contributed by atoms with Crippen molar-refractivity contribution in [3.8, 4) is 11.8 Å². The first-order valence-electron chi connectivity index (χ1n) is 9.54. The van der Waals surface area contributed by atoms with Gasteiger partial charge >= 0.3 is 6.18 Å². The van der Waals surface area contributed by atoms with Crippen molar-refractivity contribution in [1.82, 2.24) is 4.90 Å². The van der Waals surface area contributed by atoms with Gasteiger partial charge in [-0.1, -0.05) is 0 Å². The molecule has 9 heteroatoms. The zero-order chi connectivity index (χ0) is 22.8. The van der Waals surface area contributed by atoms with Crippen molar-refractivity contribution in [2.24, 2.45) is 0 Å². The lowest BCUT2D eigenvalue weighted by atomic mass is 10.1. The number of amides is 1. The van der Waals surface area contributed by atoms with Crippen LogP contribution in [0.3, 0.4) is 0 Å². The highest BCUT2D eigenvalue weighted by molar-refractivity contribution is 5.93. The van der Waals surface area contributed by atoms with Gasteiger partial charge in [0.15, 0.2) is 0 Å². The number of carbonyl (C=O) groups is 1. The summed E-state index contributed by atoms with van der Waals surface area (Å²) in [5.41, 5.74) is 1.80. The van der Waals surface area contributed by atoms with Crippen LogP contribution >= 0.6 is 0 Å². The maximum Gasteiger partial charge on any atom is 0.433 e. The number of rotatable bonds is 5. The summed E-state index contributed by atoms with van der Waals surface area (Å²) in [7, 11) is 3.28. The minimum atomic E-state index is -4.59. The van der Waals surface area contributed by atoms with E-state index in [1.54, 1.807) is 51.4 Å². The van der Waals surface area contributed by atoms with Crippen LogP contribution in [0.25, 0.3) is 0 Å². The minimum Gasteiger partial charge on any atom is -0.491 e. The largest absolute Gasteiger partial charge is 0.491 e. The first-order chi connectivity index (χ1) is 14.6. The predicted octanol–water partition coefficient (Wildman–Crippen LogP) is 3.74. The van der Waals surface area contributed by atoms with Gasteiger partial charge in [-0.3, -0.25) is 4.79 Å². The Hall–Kier alpha value is -3.25. The van der Waals surface area contributed by atoms with Crippen molar-refractivity contribution < 1.29 is 27.4 Å². The Balaban J connectivity index is 1.70. The molecule has 1 amide bonds. The summed E-state index contributed by atoms with van der Waals surface area (Å²) >= 11 is 0. The summed E-state index contributed by atoms with van der Waals surface area (Å²) in [4.78, 5) is 14.5. The summed E-state index contributed by atoms with van der Waals surface area (Å²) in [5, 5.41) is 9.04. The van der Waals surface area contributed by atoms with E-state index in [9.17, 15) is 18.0 Å². The molecule has 2 aromatic carbocycles. The quantitative estimate of drug-likeness (QED) is 0.719. The molecule has 31 heavy (non-hydrogen) atoms. The van der Waals surface area contributed by atoms with E-state index in [2.05, 4.69) is 0 Å². The number of nitrogens with zero attached hydrogens (tertiary/aromatic N) is 3. The number of alkyl halides is 3. The van der Waals surface area contributed by atoms with Crippen molar-refractivity contribution in [2.45, 2.75) is 25.4 Å². The Morgan fingerprint density at radius 2 is 1.94 bits per heavy atom. The van der Waals surface area contributed by atoms with E-state index in [0.29, 0.717) is 28.1 Å². The summed E-state index contributed by atoms with van der Waals surface area (Å²) in [6.45, 7) is 1.57. The van der Waals surface area contributed by atoms with Crippen LogP contribution in [0.5, 0.6) is 5.75 Å². The van der Waals surface area contributed by atoms with E-state index in [-0.39, 0.29) is 19.1 Å². The van der Waals surface area contributed by atoms with Crippen molar-refractivity contribution in [3.05, 3.63) is 59.2 Å². The number of benzene rings is 2. The maximum atomic E-state index is 13.6. The monoisotopic (exact) mass is 433 g/mol. The van der Waals surface area contributed by atoms with Gasteiger partial charge in [0.25, 0.3) is 5.91 Å². The molecule has 0 aliphatic carbocycles. The molecule has 164 valence electrons. The second-order valence-corrected chi connectivity index (χ2v) is 7.45. The lowest BCUT2D eigenvalue weighted by Gasteiger charge is -2.26. The number of hydrogen-bond acceptors (Lipinski definition) is 5. The fraction of sp³-hybridized carbons (Fsp3) is 0.364. The van der Waals surface area contributed by atoms with Gasteiger partial charge < -0.3 is 19.3 Å². The Kier molecular flexibility index (Phi) is 6.41. The zero-order valence-corrected chi connectivity index (χ0v) is 17.3. The van der Waals surface area contributed by atoms with Crippen LogP contribution in [0, 0.1) is 18.3 Å². The van der Waals surface area contributed by atoms with Gasteiger partial charge in [0.2, 0.25) is 6.23 Å². The Bertz CT molecular complexity index is 984. The molecule has 1 fully saturated rings. The first kappa shape index (κ1) is 22.4. The van der Waals surface area contributed by atoms with Gasteiger partial charge in [-0.2, -0.15) is 18.4 Å². The van der Waals surface area contributed by atoms with Crippen LogP contribution in [-0.2, 0) is 4.74 Å². The standard InChI is InChI=1S/C22H22F3N3O3/c1-14-10-17(7-4-16(14)11-26)28-12-19(31-21(28)22(23,24)25)13-30-18-8-5-15(6-9-18)20(29)27(2)3/h4-10,19,21H,12-13H2,1-3H3/t19-,21-/m0/s1. The van der Waals surface area contributed by atoms with Crippen LogP contribution in [0.2, 0.25) is 0 Å². The average Bonchev–Trinajstić information content (AvgIpc) is 3.17. The molecular weight excluding hydrogens is 411 g/mol. The number of carbonyl (C=O) groups excluding carboxylic acids is 1. The van der Waals surface area contributed by atoms with Crippen molar-refractivity contribution in [2.75, 3.05) is 32.1 Å². The molecule has 1 aliphatic heterocycles. The highest BCUT2D eigenvalue weighted by Gasteiger charge is 2.51. The molecule has 1 aliphatic rings. The second kappa shape index (κ2) is 8.86. The van der Waals surface area contributed by atoms with E-state index in [1.807, 2.05) is 6.07 Å². The summed E-state index contributed by atoms with van der Waals surface area (Å²) in [5.74, 6) is 0.266. The van der Waals surface area contributed by atoms with E-state index < -0.39 is 18.5 Å². The summed E-state index contributed by atoms with van der Waals surface area (Å²) in [6.07, 6.45) is -7.51. The third-order valence-corrected chi connectivity index (χ3v) is 4.89. The van der Waals surface area contributed by atoms with E-state index in [0.717, 1.165) is 4.90 Å². The van der Waals surface area contributed by atoms with Gasteiger partial charge in [-0.15, -0.1) is 0 Å².